The molecule has 0 bridgehead atoms. The van der Waals surface area contributed by atoms with Crippen molar-refractivity contribution in [1.82, 2.24) is 0 Å². The fourth-order valence-electron chi connectivity index (χ4n) is 3.08. The number of hydrogen-bond donors (Lipinski definition) is 0. The highest BCUT2D eigenvalue weighted by Gasteiger charge is 2.05. The van der Waals surface area contributed by atoms with E-state index in [4.69, 9.17) is 14.2 Å². The Kier molecular flexibility index (Phi) is 19.6. The molecule has 0 amide bonds. The van der Waals surface area contributed by atoms with E-state index in [0.29, 0.717) is 25.4 Å². The third-order valence-electron chi connectivity index (χ3n) is 5.05. The first kappa shape index (κ1) is 30.4. The van der Waals surface area contributed by atoms with Crippen LogP contribution in [0.2, 0.25) is 0 Å². The van der Waals surface area contributed by atoms with Gasteiger partial charge in [-0.1, -0.05) is 60.8 Å². The zero-order valence-corrected chi connectivity index (χ0v) is 22.4. The van der Waals surface area contributed by atoms with Gasteiger partial charge in [0.15, 0.2) is 0 Å². The molecule has 0 aromatic heterocycles. The second kappa shape index (κ2) is 21.9. The van der Waals surface area contributed by atoms with Crippen LogP contribution in [0.5, 0.6) is 11.5 Å². The molecular weight excluding hydrogens is 468 g/mol. The molecule has 0 aliphatic heterocycles. The lowest BCUT2D eigenvalue weighted by Crippen LogP contribution is -2.07. The number of benzene rings is 1. The maximum Gasteiger partial charge on any atom is 0.330 e. The summed E-state index contributed by atoms with van der Waals surface area (Å²) < 4.78 is 16.1. The molecule has 0 fully saturated rings. The van der Waals surface area contributed by atoms with E-state index in [9.17, 15) is 9.59 Å². The summed E-state index contributed by atoms with van der Waals surface area (Å²) in [6.45, 7) is 6.67. The van der Waals surface area contributed by atoms with Crippen LogP contribution in [0.4, 0.5) is 0 Å². The van der Waals surface area contributed by atoms with Crippen molar-refractivity contribution in [1.29, 1.82) is 0 Å². The number of ether oxygens (including phenoxy) is 3. The lowest BCUT2D eigenvalue weighted by molar-refractivity contribution is -0.138. The van der Waals surface area contributed by atoms with Crippen LogP contribution in [0.25, 0.3) is 0 Å². The first-order valence-electron chi connectivity index (χ1n) is 12.6. The molecule has 7 heteroatoms. The molecule has 0 atom stereocenters. The molecule has 0 radical (unpaired) electrons. The van der Waals surface area contributed by atoms with Crippen LogP contribution in [0.1, 0.15) is 84.0 Å². The van der Waals surface area contributed by atoms with Gasteiger partial charge in [0.2, 0.25) is 0 Å². The molecule has 0 N–H and O–H groups in total. The Morgan fingerprint density at radius 2 is 1.38 bits per heavy atom. The molecule has 1 aromatic rings. The monoisotopic (exact) mass is 510 g/mol. The second-order valence-corrected chi connectivity index (χ2v) is 10.8. The number of esters is 2. The van der Waals surface area contributed by atoms with Gasteiger partial charge in [-0.2, -0.15) is 0 Å². The predicted octanol–water partition coefficient (Wildman–Crippen LogP) is 7.78. The van der Waals surface area contributed by atoms with Crippen molar-refractivity contribution in [2.45, 2.75) is 84.0 Å². The van der Waals surface area contributed by atoms with Crippen LogP contribution < -0.4 is 9.47 Å². The van der Waals surface area contributed by atoms with Gasteiger partial charge in [0, 0.05) is 24.0 Å². The van der Waals surface area contributed by atoms with E-state index in [1.165, 1.54) is 37.5 Å². The Morgan fingerprint density at radius 1 is 0.794 bits per heavy atom. The van der Waals surface area contributed by atoms with E-state index in [1.54, 1.807) is 12.1 Å². The summed E-state index contributed by atoms with van der Waals surface area (Å²) in [6.07, 6.45) is 13.8. The molecule has 5 nitrogen and oxygen atoms in total. The normalized spacial score (nSPS) is 10.6. The Balaban J connectivity index is 1.99. The van der Waals surface area contributed by atoms with Crippen LogP contribution >= 0.6 is 21.6 Å². The Hall–Kier alpha value is -1.60. The highest BCUT2D eigenvalue weighted by Crippen LogP contribution is 2.24. The van der Waals surface area contributed by atoms with E-state index < -0.39 is 0 Å². The minimum Gasteiger partial charge on any atom is -0.494 e. The van der Waals surface area contributed by atoms with Gasteiger partial charge in [-0.3, -0.25) is 4.79 Å². The lowest BCUT2D eigenvalue weighted by atomic mass is 10.2. The molecular formula is C27H42O5S2. The summed E-state index contributed by atoms with van der Waals surface area (Å²) in [4.78, 5) is 23.0. The number of hydrogen-bond acceptors (Lipinski definition) is 7. The molecule has 0 unspecified atom stereocenters. The van der Waals surface area contributed by atoms with Crippen molar-refractivity contribution in [3.05, 3.63) is 36.9 Å². The summed E-state index contributed by atoms with van der Waals surface area (Å²) in [5.74, 6) is 3.18. The molecule has 1 rings (SSSR count). The van der Waals surface area contributed by atoms with Crippen molar-refractivity contribution in [2.24, 2.45) is 0 Å². The zero-order valence-electron chi connectivity index (χ0n) is 20.8. The molecule has 0 spiro atoms. The number of carbonyl (C=O) groups is 2. The number of rotatable bonds is 22. The highest BCUT2D eigenvalue weighted by atomic mass is 33.1. The standard InChI is InChI=1S/C27H42O5S2/c1-3-5-6-13-22-33-34-23-14-9-10-15-27(29)32-25-18-16-24(17-19-25)30-20-11-7-8-12-21-31-26(28)4-2/h4,16-19H,2-3,5-15,20-23H2,1H3. The fourth-order valence-corrected chi connectivity index (χ4v) is 5.37. The zero-order chi connectivity index (χ0) is 24.7. The summed E-state index contributed by atoms with van der Waals surface area (Å²) in [5, 5.41) is 0. The third kappa shape index (κ3) is 17.8. The van der Waals surface area contributed by atoms with Crippen molar-refractivity contribution >= 4 is 33.5 Å². The van der Waals surface area contributed by atoms with Crippen molar-refractivity contribution in [2.75, 3.05) is 24.7 Å². The number of carbonyl (C=O) groups excluding carboxylic acids is 2. The fraction of sp³-hybridized carbons (Fsp3) is 0.630. The summed E-state index contributed by atoms with van der Waals surface area (Å²) in [7, 11) is 3.94. The largest absolute Gasteiger partial charge is 0.494 e. The molecule has 192 valence electrons. The maximum absolute atomic E-state index is 12.0. The van der Waals surface area contributed by atoms with Crippen molar-refractivity contribution < 1.29 is 23.8 Å². The quantitative estimate of drug-likeness (QED) is 0.0519. The van der Waals surface area contributed by atoms with Gasteiger partial charge in [-0.15, -0.1) is 0 Å². The smallest absolute Gasteiger partial charge is 0.330 e. The summed E-state index contributed by atoms with van der Waals surface area (Å²) >= 11 is 0. The first-order chi connectivity index (χ1) is 16.7. The average Bonchev–Trinajstić information content (AvgIpc) is 2.85. The third-order valence-corrected chi connectivity index (χ3v) is 7.62. The van der Waals surface area contributed by atoms with Crippen LogP contribution in [-0.4, -0.2) is 36.7 Å². The molecule has 0 aliphatic carbocycles. The second-order valence-electron chi connectivity index (χ2n) is 8.10. The van der Waals surface area contributed by atoms with E-state index in [-0.39, 0.29) is 11.9 Å². The van der Waals surface area contributed by atoms with E-state index in [1.807, 2.05) is 33.7 Å². The van der Waals surface area contributed by atoms with E-state index in [0.717, 1.165) is 56.4 Å². The van der Waals surface area contributed by atoms with E-state index in [2.05, 4.69) is 13.5 Å². The maximum atomic E-state index is 12.0. The SMILES string of the molecule is C=CC(=O)OCCCCCCOc1ccc(OC(=O)CCCCCSSCCCCCC)cc1. The molecule has 0 aliphatic rings. The van der Waals surface area contributed by atoms with Gasteiger partial charge in [-0.05, 0) is 69.2 Å². The molecule has 0 saturated carbocycles. The van der Waals surface area contributed by atoms with Crippen LogP contribution in [0, 0.1) is 0 Å². The van der Waals surface area contributed by atoms with Crippen LogP contribution in [0.15, 0.2) is 36.9 Å². The topological polar surface area (TPSA) is 61.8 Å². The first-order valence-corrected chi connectivity index (χ1v) is 15.1. The average molecular weight is 511 g/mol. The van der Waals surface area contributed by atoms with Gasteiger partial charge < -0.3 is 14.2 Å². The molecule has 34 heavy (non-hydrogen) atoms. The Bertz CT molecular complexity index is 663. The minimum atomic E-state index is -0.370. The van der Waals surface area contributed by atoms with Gasteiger partial charge in [-0.25, -0.2) is 4.79 Å². The summed E-state index contributed by atoms with van der Waals surface area (Å²) in [6, 6.07) is 7.20. The van der Waals surface area contributed by atoms with Crippen LogP contribution in [-0.2, 0) is 14.3 Å². The van der Waals surface area contributed by atoms with Crippen molar-refractivity contribution in [3.63, 3.8) is 0 Å². The molecule has 0 heterocycles. The minimum absolute atomic E-state index is 0.176. The van der Waals surface area contributed by atoms with E-state index >= 15 is 0 Å². The van der Waals surface area contributed by atoms with Crippen LogP contribution in [0.3, 0.4) is 0 Å². The molecule has 0 saturated heterocycles. The number of unbranched alkanes of at least 4 members (excludes halogenated alkanes) is 8. The summed E-state index contributed by atoms with van der Waals surface area (Å²) in [5.41, 5.74) is 0. The lowest BCUT2D eigenvalue weighted by Gasteiger charge is -2.08. The van der Waals surface area contributed by atoms with Crippen molar-refractivity contribution in [3.8, 4) is 11.5 Å². The van der Waals surface area contributed by atoms with Gasteiger partial charge >= 0.3 is 11.9 Å². The Labute approximate surface area is 214 Å². The van der Waals surface area contributed by atoms with Gasteiger partial charge in [0.05, 0.1) is 13.2 Å². The van der Waals surface area contributed by atoms with Gasteiger partial charge in [0.1, 0.15) is 11.5 Å². The predicted molar refractivity (Wildman–Crippen MR) is 145 cm³/mol. The van der Waals surface area contributed by atoms with Gasteiger partial charge in [0.25, 0.3) is 0 Å². The highest BCUT2D eigenvalue weighted by molar-refractivity contribution is 8.76. The Morgan fingerprint density at radius 3 is 2.03 bits per heavy atom. The molecule has 1 aromatic carbocycles.